The second-order valence-corrected chi connectivity index (χ2v) is 9.24. The van der Waals surface area contributed by atoms with Gasteiger partial charge in [-0.15, -0.1) is 23.1 Å². The Morgan fingerprint density at radius 3 is 2.96 bits per heavy atom. The number of H-pyrrole nitrogens is 1. The van der Waals surface area contributed by atoms with Crippen LogP contribution in [0.2, 0.25) is 5.02 Å². The number of thioether (sulfide) groups is 1. The summed E-state index contributed by atoms with van der Waals surface area (Å²) in [6.07, 6.45) is 4.34. The van der Waals surface area contributed by atoms with Crippen molar-refractivity contribution in [3.63, 3.8) is 0 Å². The topological polar surface area (TPSA) is 74.8 Å². The zero-order valence-corrected chi connectivity index (χ0v) is 17.6. The van der Waals surface area contributed by atoms with Gasteiger partial charge in [-0.1, -0.05) is 29.8 Å². The summed E-state index contributed by atoms with van der Waals surface area (Å²) in [7, 11) is 0. The highest BCUT2D eigenvalue weighted by molar-refractivity contribution is 7.99. The van der Waals surface area contributed by atoms with Crippen LogP contribution in [0.3, 0.4) is 0 Å². The Morgan fingerprint density at radius 2 is 2.11 bits per heavy atom. The van der Waals surface area contributed by atoms with Gasteiger partial charge in [0.25, 0.3) is 5.56 Å². The van der Waals surface area contributed by atoms with Crippen LogP contribution in [0, 0.1) is 0 Å². The molecule has 1 aliphatic carbocycles. The van der Waals surface area contributed by atoms with Crippen LogP contribution in [0.4, 0.5) is 0 Å². The predicted octanol–water partition coefficient (Wildman–Crippen LogP) is 4.07. The number of nitrogens with zero attached hydrogens (tertiary/aromatic N) is 1. The summed E-state index contributed by atoms with van der Waals surface area (Å²) in [5.41, 5.74) is 2.03. The van der Waals surface area contributed by atoms with Gasteiger partial charge in [-0.3, -0.25) is 9.59 Å². The molecule has 0 saturated carbocycles. The molecule has 0 bridgehead atoms. The van der Waals surface area contributed by atoms with Crippen LogP contribution in [0.15, 0.2) is 29.1 Å². The molecule has 4 rings (SSSR count). The number of fused-ring (bicyclic) bond motifs is 3. The van der Waals surface area contributed by atoms with Crippen LogP contribution in [0.25, 0.3) is 10.2 Å². The number of nitrogens with one attached hydrogen (secondary N) is 2. The van der Waals surface area contributed by atoms with E-state index in [2.05, 4.69) is 15.3 Å². The van der Waals surface area contributed by atoms with Crippen LogP contribution < -0.4 is 10.9 Å². The maximum Gasteiger partial charge on any atom is 0.259 e. The predicted molar refractivity (Wildman–Crippen MR) is 116 cm³/mol. The van der Waals surface area contributed by atoms with Crippen molar-refractivity contribution in [1.82, 2.24) is 15.3 Å². The first-order valence-electron chi connectivity index (χ1n) is 9.23. The van der Waals surface area contributed by atoms with Gasteiger partial charge in [-0.25, -0.2) is 4.98 Å². The van der Waals surface area contributed by atoms with E-state index in [-0.39, 0.29) is 11.5 Å². The molecule has 2 aromatic heterocycles. The number of amides is 1. The molecule has 0 fully saturated rings. The quantitative estimate of drug-likeness (QED) is 0.614. The number of rotatable bonds is 6. The first kappa shape index (κ1) is 19.5. The van der Waals surface area contributed by atoms with Crippen molar-refractivity contribution in [3.8, 4) is 0 Å². The van der Waals surface area contributed by atoms with Gasteiger partial charge in [0.15, 0.2) is 0 Å². The second-order valence-electron chi connectivity index (χ2n) is 6.76. The number of carbonyl (C=O) groups excluding carboxylic acids is 1. The lowest BCUT2D eigenvalue weighted by Gasteiger charge is -2.09. The Kier molecular flexibility index (Phi) is 6.04. The highest BCUT2D eigenvalue weighted by Gasteiger charge is 2.19. The largest absolute Gasteiger partial charge is 0.351 e. The molecule has 0 aliphatic heterocycles. The number of hydrogen-bond acceptors (Lipinski definition) is 5. The van der Waals surface area contributed by atoms with Gasteiger partial charge in [0.2, 0.25) is 5.91 Å². The summed E-state index contributed by atoms with van der Waals surface area (Å²) in [4.78, 5) is 34.3. The maximum atomic E-state index is 12.5. The molecule has 0 saturated heterocycles. The summed E-state index contributed by atoms with van der Waals surface area (Å²) < 4.78 is 0. The third-order valence-corrected chi connectivity index (χ3v) is 7.28. The summed E-state index contributed by atoms with van der Waals surface area (Å²) >= 11 is 9.17. The molecule has 0 unspecified atom stereocenters. The number of aryl methyl sites for hydroxylation is 2. The SMILES string of the molecule is O=C(CSCc1nc2sc3c(c2c(=O)[nH]1)CCCC3)NCc1ccccc1Cl. The molecule has 0 radical (unpaired) electrons. The van der Waals surface area contributed by atoms with Crippen LogP contribution in [-0.2, 0) is 29.9 Å². The molecule has 2 N–H and O–H groups in total. The lowest BCUT2D eigenvalue weighted by atomic mass is 9.97. The van der Waals surface area contributed by atoms with Gasteiger partial charge >= 0.3 is 0 Å². The van der Waals surface area contributed by atoms with E-state index in [1.807, 2.05) is 18.2 Å². The lowest BCUT2D eigenvalue weighted by molar-refractivity contribution is -0.118. The van der Waals surface area contributed by atoms with Crippen LogP contribution >= 0.6 is 34.7 Å². The second kappa shape index (κ2) is 8.68. The molecule has 1 aliphatic rings. The Bertz CT molecular complexity index is 1080. The molecule has 146 valence electrons. The molecule has 1 amide bonds. The minimum atomic E-state index is -0.0695. The van der Waals surface area contributed by atoms with E-state index in [0.29, 0.717) is 28.9 Å². The van der Waals surface area contributed by atoms with Crippen molar-refractivity contribution in [2.75, 3.05) is 5.75 Å². The van der Waals surface area contributed by atoms with E-state index in [1.54, 1.807) is 17.4 Å². The van der Waals surface area contributed by atoms with E-state index in [4.69, 9.17) is 11.6 Å². The standard InChI is InChI=1S/C20H20ClN3O2S2/c21-14-7-3-1-5-12(14)9-22-17(25)11-27-10-16-23-19(26)18-13-6-2-4-8-15(13)28-20(18)24-16/h1,3,5,7H,2,4,6,8-11H2,(H,22,25)(H,23,24,26). The molecule has 0 spiro atoms. The van der Waals surface area contributed by atoms with Crippen LogP contribution in [0.5, 0.6) is 0 Å². The first-order valence-corrected chi connectivity index (χ1v) is 11.6. The van der Waals surface area contributed by atoms with Crippen LogP contribution in [-0.4, -0.2) is 21.6 Å². The molecular formula is C20H20ClN3O2S2. The fraction of sp³-hybridized carbons (Fsp3) is 0.350. The number of aromatic nitrogens is 2. The summed E-state index contributed by atoms with van der Waals surface area (Å²) in [5, 5.41) is 4.28. The maximum absolute atomic E-state index is 12.5. The fourth-order valence-corrected chi connectivity index (χ4v) is 5.61. The van der Waals surface area contributed by atoms with Crippen molar-refractivity contribution in [1.29, 1.82) is 0 Å². The smallest absolute Gasteiger partial charge is 0.259 e. The van der Waals surface area contributed by atoms with Gasteiger partial charge in [0.1, 0.15) is 10.7 Å². The number of aromatic amines is 1. The summed E-state index contributed by atoms with van der Waals surface area (Å²) in [6, 6.07) is 7.44. The number of benzene rings is 1. The zero-order valence-electron chi connectivity index (χ0n) is 15.2. The Balaban J connectivity index is 1.35. The van der Waals surface area contributed by atoms with E-state index < -0.39 is 0 Å². The molecular weight excluding hydrogens is 414 g/mol. The third-order valence-electron chi connectivity index (χ3n) is 4.78. The molecule has 1 aromatic carbocycles. The van der Waals surface area contributed by atoms with E-state index >= 15 is 0 Å². The average Bonchev–Trinajstić information content (AvgIpc) is 3.06. The van der Waals surface area contributed by atoms with Gasteiger partial charge in [-0.2, -0.15) is 0 Å². The monoisotopic (exact) mass is 433 g/mol. The minimum Gasteiger partial charge on any atom is -0.351 e. The Labute approximate surface area is 175 Å². The van der Waals surface area contributed by atoms with Gasteiger partial charge in [0, 0.05) is 16.4 Å². The number of halogens is 1. The Hall–Kier alpha value is -1.83. The highest BCUT2D eigenvalue weighted by atomic mass is 35.5. The highest BCUT2D eigenvalue weighted by Crippen LogP contribution is 2.33. The van der Waals surface area contributed by atoms with Gasteiger partial charge in [-0.05, 0) is 42.9 Å². The van der Waals surface area contributed by atoms with Crippen LogP contribution in [0.1, 0.15) is 34.7 Å². The fourth-order valence-electron chi connectivity index (χ4n) is 3.40. The van der Waals surface area contributed by atoms with Crippen molar-refractivity contribution < 1.29 is 4.79 Å². The summed E-state index contributed by atoms with van der Waals surface area (Å²) in [6.45, 7) is 0.404. The average molecular weight is 434 g/mol. The number of carbonyl (C=O) groups is 1. The molecule has 0 atom stereocenters. The molecule has 2 heterocycles. The van der Waals surface area contributed by atoms with E-state index in [0.717, 1.165) is 35.0 Å². The van der Waals surface area contributed by atoms with Crippen molar-refractivity contribution in [2.45, 2.75) is 38.0 Å². The van der Waals surface area contributed by atoms with Crippen molar-refractivity contribution in [3.05, 3.63) is 61.5 Å². The molecule has 28 heavy (non-hydrogen) atoms. The van der Waals surface area contributed by atoms with Crippen molar-refractivity contribution >= 4 is 50.8 Å². The van der Waals surface area contributed by atoms with Gasteiger partial charge < -0.3 is 10.3 Å². The summed E-state index contributed by atoms with van der Waals surface area (Å²) in [5.74, 6) is 1.35. The van der Waals surface area contributed by atoms with Crippen molar-refractivity contribution in [2.24, 2.45) is 0 Å². The normalized spacial score (nSPS) is 13.5. The first-order chi connectivity index (χ1) is 13.6. The molecule has 5 nitrogen and oxygen atoms in total. The Morgan fingerprint density at radius 1 is 1.29 bits per heavy atom. The van der Waals surface area contributed by atoms with Gasteiger partial charge in [0.05, 0.1) is 16.9 Å². The number of hydrogen-bond donors (Lipinski definition) is 2. The minimum absolute atomic E-state index is 0.0526. The third kappa shape index (κ3) is 4.26. The molecule has 8 heteroatoms. The number of thiophene rings is 1. The zero-order chi connectivity index (χ0) is 19.5. The molecule has 3 aromatic rings. The van der Waals surface area contributed by atoms with E-state index in [1.165, 1.54) is 28.6 Å². The van der Waals surface area contributed by atoms with E-state index in [9.17, 15) is 9.59 Å². The lowest BCUT2D eigenvalue weighted by Crippen LogP contribution is -2.24.